The summed E-state index contributed by atoms with van der Waals surface area (Å²) >= 11 is 1.04. The normalized spacial score (nSPS) is 11.9. The molecule has 0 aliphatic rings. The number of imide groups is 1. The molecule has 138 valence electrons. The molecule has 2 heterocycles. The van der Waals surface area contributed by atoms with Crippen molar-refractivity contribution in [2.75, 3.05) is 0 Å². The molecule has 1 aromatic carbocycles. The summed E-state index contributed by atoms with van der Waals surface area (Å²) in [5.74, 6) is -0.165. The lowest BCUT2D eigenvalue weighted by atomic mass is 10.2. The first-order valence-corrected chi connectivity index (χ1v) is 8.96. The van der Waals surface area contributed by atoms with E-state index in [9.17, 15) is 14.4 Å². The summed E-state index contributed by atoms with van der Waals surface area (Å²) in [5, 5.41) is 2.06. The summed E-state index contributed by atoms with van der Waals surface area (Å²) in [4.78, 5) is 44.9. The van der Waals surface area contributed by atoms with Crippen LogP contribution in [0.2, 0.25) is 0 Å². The third-order valence-electron chi connectivity index (χ3n) is 3.77. The van der Waals surface area contributed by atoms with E-state index in [0.29, 0.717) is 21.9 Å². The number of carbonyl (C=O) groups is 2. The molecule has 3 N–H and O–H groups in total. The fourth-order valence-corrected chi connectivity index (χ4v) is 3.39. The Kier molecular flexibility index (Phi) is 5.22. The fourth-order valence-electron chi connectivity index (χ4n) is 2.47. The van der Waals surface area contributed by atoms with Crippen molar-refractivity contribution in [3.8, 4) is 5.82 Å². The minimum atomic E-state index is -0.934. The maximum Gasteiger partial charge on any atom is 0.318 e. The highest BCUT2D eigenvalue weighted by molar-refractivity contribution is 8.00. The molecule has 8 nitrogen and oxygen atoms in total. The number of pyridine rings is 1. The number of primary amides is 1. The highest BCUT2D eigenvalue weighted by atomic mass is 32.2. The minimum absolute atomic E-state index is 0.288. The molecule has 0 saturated heterocycles. The third-order valence-corrected chi connectivity index (χ3v) is 4.83. The zero-order valence-corrected chi connectivity index (χ0v) is 15.5. The van der Waals surface area contributed by atoms with Gasteiger partial charge in [0.05, 0.1) is 16.2 Å². The number of nitrogens with two attached hydrogens (primary N) is 1. The molecule has 27 heavy (non-hydrogen) atoms. The van der Waals surface area contributed by atoms with Crippen molar-refractivity contribution in [1.29, 1.82) is 0 Å². The SMILES string of the molecule is Cc1ccnc(-n2c(S[C@H](C)C(=O)NC(N)=O)nc3ccccc3c2=O)c1. The molecule has 0 unspecified atom stereocenters. The Hall–Kier alpha value is -3.20. The van der Waals surface area contributed by atoms with Gasteiger partial charge in [-0.15, -0.1) is 0 Å². The zero-order valence-electron chi connectivity index (χ0n) is 14.7. The van der Waals surface area contributed by atoms with Crippen LogP contribution in [0.25, 0.3) is 16.7 Å². The number of hydrogen-bond donors (Lipinski definition) is 2. The molecule has 2 aromatic heterocycles. The van der Waals surface area contributed by atoms with Gasteiger partial charge in [-0.25, -0.2) is 19.3 Å². The van der Waals surface area contributed by atoms with Crippen LogP contribution in [-0.4, -0.2) is 31.7 Å². The Morgan fingerprint density at radius 2 is 2.00 bits per heavy atom. The van der Waals surface area contributed by atoms with Crippen LogP contribution in [0.3, 0.4) is 0 Å². The summed E-state index contributed by atoms with van der Waals surface area (Å²) in [7, 11) is 0. The molecule has 0 aliphatic heterocycles. The van der Waals surface area contributed by atoms with Crippen LogP contribution in [0.5, 0.6) is 0 Å². The first-order chi connectivity index (χ1) is 12.9. The van der Waals surface area contributed by atoms with Crippen LogP contribution in [0, 0.1) is 6.92 Å². The first-order valence-electron chi connectivity index (χ1n) is 8.08. The Bertz CT molecular complexity index is 1100. The predicted molar refractivity (Wildman–Crippen MR) is 103 cm³/mol. The lowest BCUT2D eigenvalue weighted by Crippen LogP contribution is -2.39. The van der Waals surface area contributed by atoms with Gasteiger partial charge in [-0.1, -0.05) is 23.9 Å². The molecule has 0 saturated carbocycles. The summed E-state index contributed by atoms with van der Waals surface area (Å²) in [6, 6.07) is 9.60. The second kappa shape index (κ2) is 7.58. The molecule has 0 radical (unpaired) electrons. The van der Waals surface area contributed by atoms with Crippen LogP contribution >= 0.6 is 11.8 Å². The molecule has 3 amide bonds. The number of urea groups is 1. The number of aryl methyl sites for hydroxylation is 1. The molecule has 0 fully saturated rings. The topological polar surface area (TPSA) is 120 Å². The highest BCUT2D eigenvalue weighted by Gasteiger charge is 2.21. The first kappa shape index (κ1) is 18.6. The van der Waals surface area contributed by atoms with Gasteiger partial charge in [0.2, 0.25) is 5.91 Å². The Labute approximate surface area is 158 Å². The van der Waals surface area contributed by atoms with Crippen molar-refractivity contribution in [3.05, 3.63) is 58.5 Å². The fraction of sp³-hybridized carbons (Fsp3) is 0.167. The number of carbonyl (C=O) groups excluding carboxylic acids is 2. The number of fused-ring (bicyclic) bond motifs is 1. The van der Waals surface area contributed by atoms with Crippen molar-refractivity contribution in [2.45, 2.75) is 24.3 Å². The monoisotopic (exact) mass is 383 g/mol. The molecule has 0 aliphatic carbocycles. The van der Waals surface area contributed by atoms with Gasteiger partial charge >= 0.3 is 6.03 Å². The van der Waals surface area contributed by atoms with E-state index in [1.807, 2.05) is 18.3 Å². The van der Waals surface area contributed by atoms with Gasteiger partial charge in [0, 0.05) is 6.20 Å². The van der Waals surface area contributed by atoms with Crippen LogP contribution in [-0.2, 0) is 4.79 Å². The number of thioether (sulfide) groups is 1. The van der Waals surface area contributed by atoms with Crippen LogP contribution < -0.4 is 16.6 Å². The lowest BCUT2D eigenvalue weighted by Gasteiger charge is -2.15. The Balaban J connectivity index is 2.15. The maximum atomic E-state index is 13.1. The van der Waals surface area contributed by atoms with E-state index in [1.54, 1.807) is 43.5 Å². The van der Waals surface area contributed by atoms with E-state index >= 15 is 0 Å². The minimum Gasteiger partial charge on any atom is -0.351 e. The van der Waals surface area contributed by atoms with Gasteiger partial charge in [0.15, 0.2) is 5.16 Å². The smallest absolute Gasteiger partial charge is 0.318 e. The van der Waals surface area contributed by atoms with E-state index in [1.165, 1.54) is 4.57 Å². The van der Waals surface area contributed by atoms with E-state index in [2.05, 4.69) is 9.97 Å². The highest BCUT2D eigenvalue weighted by Crippen LogP contribution is 2.24. The Morgan fingerprint density at radius 3 is 2.70 bits per heavy atom. The largest absolute Gasteiger partial charge is 0.351 e. The molecular formula is C18H17N5O3S. The molecule has 3 rings (SSSR count). The molecular weight excluding hydrogens is 366 g/mol. The van der Waals surface area contributed by atoms with Crippen molar-refractivity contribution < 1.29 is 9.59 Å². The molecule has 0 spiro atoms. The third kappa shape index (κ3) is 3.98. The predicted octanol–water partition coefficient (Wildman–Crippen LogP) is 1.76. The Morgan fingerprint density at radius 1 is 1.26 bits per heavy atom. The number of rotatable bonds is 4. The van der Waals surface area contributed by atoms with Crippen molar-refractivity contribution in [3.63, 3.8) is 0 Å². The number of nitrogens with one attached hydrogen (secondary N) is 1. The van der Waals surface area contributed by atoms with Crippen molar-refractivity contribution >= 4 is 34.6 Å². The van der Waals surface area contributed by atoms with E-state index in [0.717, 1.165) is 17.3 Å². The number of aromatic nitrogens is 3. The summed E-state index contributed by atoms with van der Waals surface area (Å²) in [6.07, 6.45) is 1.60. The molecule has 9 heteroatoms. The molecule has 0 bridgehead atoms. The van der Waals surface area contributed by atoms with E-state index in [4.69, 9.17) is 5.73 Å². The standard InChI is InChI=1S/C18H17N5O3S/c1-10-7-8-20-14(9-10)23-16(25)12-5-3-4-6-13(12)21-18(23)27-11(2)15(24)22-17(19)26/h3-9,11H,1-2H3,(H3,19,22,24,26)/t11-/m1/s1. The van der Waals surface area contributed by atoms with Crippen LogP contribution in [0.4, 0.5) is 4.79 Å². The van der Waals surface area contributed by atoms with Gasteiger partial charge < -0.3 is 5.73 Å². The molecule has 3 aromatic rings. The summed E-state index contributed by atoms with van der Waals surface area (Å²) < 4.78 is 1.37. The second-order valence-corrected chi connectivity index (χ2v) is 7.17. The van der Waals surface area contributed by atoms with Gasteiger partial charge in [0.1, 0.15) is 5.82 Å². The average molecular weight is 383 g/mol. The van der Waals surface area contributed by atoms with Gasteiger partial charge in [-0.2, -0.15) is 0 Å². The molecule has 1 atom stereocenters. The van der Waals surface area contributed by atoms with E-state index < -0.39 is 17.2 Å². The summed E-state index contributed by atoms with van der Waals surface area (Å²) in [6.45, 7) is 3.48. The van der Waals surface area contributed by atoms with E-state index in [-0.39, 0.29) is 5.56 Å². The quantitative estimate of drug-likeness (QED) is 0.523. The zero-order chi connectivity index (χ0) is 19.6. The maximum absolute atomic E-state index is 13.1. The lowest BCUT2D eigenvalue weighted by molar-refractivity contribution is -0.119. The van der Waals surface area contributed by atoms with Gasteiger partial charge in [-0.3, -0.25) is 14.9 Å². The second-order valence-electron chi connectivity index (χ2n) is 5.86. The number of hydrogen-bond acceptors (Lipinski definition) is 6. The summed E-state index contributed by atoms with van der Waals surface area (Å²) in [5.41, 5.74) is 6.15. The van der Waals surface area contributed by atoms with Crippen LogP contribution in [0.1, 0.15) is 12.5 Å². The van der Waals surface area contributed by atoms with Crippen LogP contribution in [0.15, 0.2) is 52.5 Å². The van der Waals surface area contributed by atoms with Crippen molar-refractivity contribution in [1.82, 2.24) is 19.9 Å². The van der Waals surface area contributed by atoms with Gasteiger partial charge in [0.25, 0.3) is 5.56 Å². The number of para-hydroxylation sites is 1. The number of nitrogens with zero attached hydrogens (tertiary/aromatic N) is 3. The van der Waals surface area contributed by atoms with Gasteiger partial charge in [-0.05, 0) is 43.7 Å². The van der Waals surface area contributed by atoms with Crippen molar-refractivity contribution in [2.24, 2.45) is 5.73 Å². The number of benzene rings is 1. The average Bonchev–Trinajstić information content (AvgIpc) is 2.61. The number of amides is 3.